The summed E-state index contributed by atoms with van der Waals surface area (Å²) in [5, 5.41) is 14.6. The number of halogens is 3. The molecule has 1 aromatic carbocycles. The van der Waals surface area contributed by atoms with Gasteiger partial charge in [-0.25, -0.2) is 9.59 Å². The van der Waals surface area contributed by atoms with Crippen LogP contribution >= 0.6 is 47.8 Å². The average molecular weight is 485 g/mol. The minimum absolute atomic E-state index is 0.457. The molecule has 2 amide bonds. The van der Waals surface area contributed by atoms with Crippen LogP contribution in [0.25, 0.3) is 0 Å². The number of aliphatic carboxylic acids is 1. The van der Waals surface area contributed by atoms with Crippen LogP contribution in [0.4, 0.5) is 10.5 Å². The maximum Gasteiger partial charge on any atom is 0.329 e. The van der Waals surface area contributed by atoms with E-state index in [0.717, 1.165) is 17.3 Å². The van der Waals surface area contributed by atoms with Crippen molar-refractivity contribution in [3.05, 3.63) is 25.6 Å². The van der Waals surface area contributed by atoms with E-state index < -0.39 is 17.5 Å². The molecule has 1 aliphatic rings. The number of benzene rings is 1. The third-order valence-corrected chi connectivity index (χ3v) is 5.17. The lowest BCUT2D eigenvalue weighted by Crippen LogP contribution is -2.53. The topological polar surface area (TPSA) is 78.4 Å². The molecule has 0 atom stereocenters. The largest absolute Gasteiger partial charge is 0.480 e. The van der Waals surface area contributed by atoms with E-state index in [9.17, 15) is 14.7 Å². The van der Waals surface area contributed by atoms with Crippen molar-refractivity contribution in [2.24, 2.45) is 0 Å². The fraction of sp³-hybridized carbons (Fsp3) is 0.385. The van der Waals surface area contributed by atoms with Crippen LogP contribution in [0, 0.1) is 0 Å². The monoisotopic (exact) mass is 482 g/mol. The molecule has 0 radical (unpaired) electrons. The molecular formula is C13H13Br3N2O3. The quantitative estimate of drug-likeness (QED) is 0.591. The Morgan fingerprint density at radius 3 is 2.10 bits per heavy atom. The molecule has 0 heterocycles. The van der Waals surface area contributed by atoms with E-state index in [1.54, 1.807) is 12.1 Å². The maximum absolute atomic E-state index is 12.1. The number of carbonyl (C=O) groups excluding carboxylic acids is 1. The fourth-order valence-electron chi connectivity index (χ4n) is 2.39. The Labute approximate surface area is 147 Å². The number of carboxylic acids is 1. The first kappa shape index (κ1) is 16.8. The summed E-state index contributed by atoms with van der Waals surface area (Å²) in [6, 6.07) is 3.06. The van der Waals surface area contributed by atoms with E-state index in [4.69, 9.17) is 0 Å². The van der Waals surface area contributed by atoms with Crippen molar-refractivity contribution in [3.8, 4) is 0 Å². The molecule has 1 fully saturated rings. The first-order valence-corrected chi connectivity index (χ1v) is 8.69. The molecular weight excluding hydrogens is 472 g/mol. The first-order valence-electron chi connectivity index (χ1n) is 6.31. The van der Waals surface area contributed by atoms with E-state index >= 15 is 0 Å². The second kappa shape index (κ2) is 6.66. The van der Waals surface area contributed by atoms with Crippen molar-refractivity contribution in [1.29, 1.82) is 0 Å². The van der Waals surface area contributed by atoms with Crippen LogP contribution in [-0.4, -0.2) is 22.6 Å². The van der Waals surface area contributed by atoms with Crippen LogP contribution in [0.3, 0.4) is 0 Å². The van der Waals surface area contributed by atoms with Crippen molar-refractivity contribution >= 4 is 65.5 Å². The summed E-state index contributed by atoms with van der Waals surface area (Å²) < 4.78 is 2.23. The number of urea groups is 1. The highest BCUT2D eigenvalue weighted by Gasteiger charge is 2.42. The lowest BCUT2D eigenvalue weighted by molar-refractivity contribution is -0.144. The number of rotatable bonds is 3. The molecule has 0 aromatic heterocycles. The zero-order valence-electron chi connectivity index (χ0n) is 10.9. The highest BCUT2D eigenvalue weighted by atomic mass is 79.9. The van der Waals surface area contributed by atoms with Gasteiger partial charge in [0.2, 0.25) is 0 Å². The van der Waals surface area contributed by atoms with Gasteiger partial charge in [0.1, 0.15) is 5.54 Å². The fourth-order valence-corrected chi connectivity index (χ4v) is 4.85. The Hall–Kier alpha value is -0.600. The summed E-state index contributed by atoms with van der Waals surface area (Å²) >= 11 is 10.1. The van der Waals surface area contributed by atoms with Crippen molar-refractivity contribution in [2.75, 3.05) is 5.32 Å². The summed E-state index contributed by atoms with van der Waals surface area (Å²) in [5.41, 5.74) is -0.604. The van der Waals surface area contributed by atoms with Gasteiger partial charge in [0.25, 0.3) is 0 Å². The smallest absolute Gasteiger partial charge is 0.329 e. The molecule has 1 saturated carbocycles. The number of amides is 2. The minimum atomic E-state index is -1.15. The van der Waals surface area contributed by atoms with E-state index in [1.165, 1.54) is 0 Å². The molecule has 114 valence electrons. The second-order valence-electron chi connectivity index (χ2n) is 4.92. The Bertz CT molecular complexity index is 563. The van der Waals surface area contributed by atoms with Gasteiger partial charge >= 0.3 is 12.0 Å². The van der Waals surface area contributed by atoms with Gasteiger partial charge in [-0.05, 0) is 56.8 Å². The number of carboxylic acid groups (broad SMARTS) is 1. The van der Waals surface area contributed by atoms with Crippen molar-refractivity contribution in [3.63, 3.8) is 0 Å². The summed E-state index contributed by atoms with van der Waals surface area (Å²) in [7, 11) is 0. The molecule has 0 spiro atoms. The van der Waals surface area contributed by atoms with E-state index in [2.05, 4.69) is 58.4 Å². The lowest BCUT2D eigenvalue weighted by atomic mass is 9.98. The van der Waals surface area contributed by atoms with Gasteiger partial charge in [0, 0.05) is 13.4 Å². The van der Waals surface area contributed by atoms with E-state index in [-0.39, 0.29) is 0 Å². The molecule has 0 aliphatic heterocycles. The number of hydrogen-bond acceptors (Lipinski definition) is 2. The third-order valence-electron chi connectivity index (χ3n) is 3.46. The Kier molecular flexibility index (Phi) is 5.32. The van der Waals surface area contributed by atoms with Crippen molar-refractivity contribution in [2.45, 2.75) is 31.2 Å². The molecule has 0 bridgehead atoms. The molecule has 21 heavy (non-hydrogen) atoms. The zero-order chi connectivity index (χ0) is 15.6. The summed E-state index contributed by atoms with van der Waals surface area (Å²) in [6.45, 7) is 0. The van der Waals surface area contributed by atoms with E-state index in [0.29, 0.717) is 27.5 Å². The van der Waals surface area contributed by atoms with Crippen molar-refractivity contribution in [1.82, 2.24) is 5.32 Å². The van der Waals surface area contributed by atoms with Crippen LogP contribution in [0.5, 0.6) is 0 Å². The average Bonchev–Trinajstić information content (AvgIpc) is 2.83. The normalized spacial score (nSPS) is 16.5. The summed E-state index contributed by atoms with van der Waals surface area (Å²) in [6.07, 6.45) is 2.52. The predicted molar refractivity (Wildman–Crippen MR) is 90.5 cm³/mol. The van der Waals surface area contributed by atoms with Crippen molar-refractivity contribution < 1.29 is 14.7 Å². The van der Waals surface area contributed by atoms with Crippen LogP contribution in [0.15, 0.2) is 25.6 Å². The Morgan fingerprint density at radius 1 is 1.10 bits per heavy atom. The van der Waals surface area contributed by atoms with Crippen LogP contribution in [0.2, 0.25) is 0 Å². The second-order valence-corrected chi connectivity index (χ2v) is 7.54. The SMILES string of the molecule is O=C(Nc1c(Br)cc(Br)cc1Br)NC1(C(=O)O)CCCC1. The van der Waals surface area contributed by atoms with Crippen LogP contribution < -0.4 is 10.6 Å². The maximum atomic E-state index is 12.1. The summed E-state index contributed by atoms with van der Waals surface area (Å²) in [5.74, 6) is -0.982. The zero-order valence-corrected chi connectivity index (χ0v) is 15.6. The van der Waals surface area contributed by atoms with Crippen LogP contribution in [-0.2, 0) is 4.79 Å². The highest BCUT2D eigenvalue weighted by molar-refractivity contribution is 9.11. The highest BCUT2D eigenvalue weighted by Crippen LogP contribution is 2.35. The van der Waals surface area contributed by atoms with Gasteiger partial charge < -0.3 is 15.7 Å². The summed E-state index contributed by atoms with van der Waals surface area (Å²) in [4.78, 5) is 23.6. The van der Waals surface area contributed by atoms with Gasteiger partial charge in [0.05, 0.1) is 5.69 Å². The van der Waals surface area contributed by atoms with Gasteiger partial charge in [-0.15, -0.1) is 0 Å². The molecule has 1 aliphatic carbocycles. The third kappa shape index (κ3) is 3.78. The minimum Gasteiger partial charge on any atom is -0.480 e. The molecule has 1 aromatic rings. The molecule has 0 unspecified atom stereocenters. The number of nitrogens with one attached hydrogen (secondary N) is 2. The first-order chi connectivity index (χ1) is 9.84. The van der Waals surface area contributed by atoms with E-state index in [1.807, 2.05) is 0 Å². The Balaban J connectivity index is 2.14. The lowest BCUT2D eigenvalue weighted by Gasteiger charge is -2.25. The molecule has 5 nitrogen and oxygen atoms in total. The molecule has 3 N–H and O–H groups in total. The standard InChI is InChI=1S/C13H13Br3N2O3/c14-7-5-8(15)10(9(16)6-7)17-12(21)18-13(11(19)20)3-1-2-4-13/h5-6H,1-4H2,(H,19,20)(H2,17,18,21). The molecule has 8 heteroatoms. The predicted octanol–water partition coefficient (Wildman–Crippen LogP) is 4.49. The molecule has 2 rings (SSSR count). The van der Waals surface area contributed by atoms with Gasteiger partial charge in [-0.1, -0.05) is 28.8 Å². The molecule has 0 saturated heterocycles. The van der Waals surface area contributed by atoms with Gasteiger partial charge in [0.15, 0.2) is 0 Å². The number of anilines is 1. The van der Waals surface area contributed by atoms with Crippen LogP contribution in [0.1, 0.15) is 25.7 Å². The van der Waals surface area contributed by atoms with Gasteiger partial charge in [-0.3, -0.25) is 0 Å². The number of carbonyl (C=O) groups is 2. The Morgan fingerprint density at radius 2 is 1.62 bits per heavy atom. The van der Waals surface area contributed by atoms with Gasteiger partial charge in [-0.2, -0.15) is 0 Å². The number of hydrogen-bond donors (Lipinski definition) is 3.